The van der Waals surface area contributed by atoms with Crippen LogP contribution < -0.4 is 5.32 Å². The van der Waals surface area contributed by atoms with Gasteiger partial charge in [-0.3, -0.25) is 4.79 Å². The van der Waals surface area contributed by atoms with Crippen LogP contribution in [0.1, 0.15) is 55.4 Å². The molecule has 0 bridgehead atoms. The van der Waals surface area contributed by atoms with E-state index in [0.29, 0.717) is 18.0 Å². The molecule has 0 unspecified atom stereocenters. The maximum Gasteiger partial charge on any atom is 0.252 e. The molecule has 5 heteroatoms. The van der Waals surface area contributed by atoms with Crippen LogP contribution in [0.4, 0.5) is 0 Å². The zero-order valence-electron chi connectivity index (χ0n) is 14.2. The molecule has 0 atom stereocenters. The Morgan fingerprint density at radius 3 is 2.73 bits per heavy atom. The van der Waals surface area contributed by atoms with E-state index in [1.54, 1.807) is 0 Å². The SMILES string of the molecule is CCCCn1nc(C)c2c(C(=O)NCC(C)C)cc(C)nc21. The van der Waals surface area contributed by atoms with E-state index in [1.807, 2.05) is 24.6 Å². The van der Waals surface area contributed by atoms with E-state index in [-0.39, 0.29) is 5.91 Å². The van der Waals surface area contributed by atoms with Crippen molar-refractivity contribution in [1.29, 1.82) is 0 Å². The summed E-state index contributed by atoms with van der Waals surface area (Å²) in [6.45, 7) is 11.7. The maximum atomic E-state index is 12.5. The van der Waals surface area contributed by atoms with Crippen molar-refractivity contribution in [1.82, 2.24) is 20.1 Å². The van der Waals surface area contributed by atoms with Crippen molar-refractivity contribution in [2.45, 2.75) is 54.0 Å². The normalized spacial score (nSPS) is 11.4. The van der Waals surface area contributed by atoms with Crippen molar-refractivity contribution in [2.24, 2.45) is 5.92 Å². The molecule has 0 aliphatic heterocycles. The van der Waals surface area contributed by atoms with E-state index in [1.165, 1.54) is 0 Å². The molecule has 0 saturated carbocycles. The van der Waals surface area contributed by atoms with Gasteiger partial charge in [0.15, 0.2) is 5.65 Å². The minimum Gasteiger partial charge on any atom is -0.352 e. The first-order valence-electron chi connectivity index (χ1n) is 8.07. The second-order valence-electron chi connectivity index (χ2n) is 6.28. The summed E-state index contributed by atoms with van der Waals surface area (Å²) in [6.07, 6.45) is 2.16. The van der Waals surface area contributed by atoms with Gasteiger partial charge in [-0.2, -0.15) is 5.10 Å². The van der Waals surface area contributed by atoms with Crippen molar-refractivity contribution in [3.05, 3.63) is 23.0 Å². The molecule has 0 saturated heterocycles. The molecule has 0 aliphatic carbocycles. The molecular formula is C17H26N4O. The van der Waals surface area contributed by atoms with Crippen molar-refractivity contribution >= 4 is 16.9 Å². The number of aryl methyl sites for hydroxylation is 3. The van der Waals surface area contributed by atoms with Gasteiger partial charge in [0.05, 0.1) is 16.6 Å². The molecule has 2 aromatic rings. The third kappa shape index (κ3) is 3.46. The van der Waals surface area contributed by atoms with Gasteiger partial charge in [-0.1, -0.05) is 27.2 Å². The molecule has 120 valence electrons. The van der Waals surface area contributed by atoms with Gasteiger partial charge in [0.1, 0.15) is 0 Å². The van der Waals surface area contributed by atoms with Gasteiger partial charge in [-0.25, -0.2) is 9.67 Å². The Labute approximate surface area is 132 Å². The number of hydrogen-bond donors (Lipinski definition) is 1. The van der Waals surface area contributed by atoms with E-state index in [4.69, 9.17) is 0 Å². The number of carbonyl (C=O) groups excluding carboxylic acids is 1. The molecule has 22 heavy (non-hydrogen) atoms. The predicted octanol–water partition coefficient (Wildman–Crippen LogP) is 3.23. The van der Waals surface area contributed by atoms with Crippen LogP contribution in [0.15, 0.2) is 6.07 Å². The summed E-state index contributed by atoms with van der Waals surface area (Å²) in [5.74, 6) is 0.387. The fourth-order valence-electron chi connectivity index (χ4n) is 2.51. The largest absolute Gasteiger partial charge is 0.352 e. The lowest BCUT2D eigenvalue weighted by atomic mass is 10.1. The van der Waals surface area contributed by atoms with Crippen LogP contribution in [0, 0.1) is 19.8 Å². The van der Waals surface area contributed by atoms with E-state index in [2.05, 4.69) is 36.2 Å². The second kappa shape index (κ2) is 6.90. The lowest BCUT2D eigenvalue weighted by molar-refractivity contribution is 0.0950. The summed E-state index contributed by atoms with van der Waals surface area (Å²) in [4.78, 5) is 17.1. The molecule has 2 aromatic heterocycles. The molecule has 1 amide bonds. The number of hydrogen-bond acceptors (Lipinski definition) is 3. The van der Waals surface area contributed by atoms with E-state index in [0.717, 1.165) is 41.8 Å². The van der Waals surface area contributed by atoms with Crippen LogP contribution in [0.2, 0.25) is 0 Å². The number of amides is 1. The third-order valence-electron chi connectivity index (χ3n) is 3.64. The summed E-state index contributed by atoms with van der Waals surface area (Å²) < 4.78 is 1.93. The fraction of sp³-hybridized carbons (Fsp3) is 0.588. The van der Waals surface area contributed by atoms with Crippen LogP contribution in [0.3, 0.4) is 0 Å². The summed E-state index contributed by atoms with van der Waals surface area (Å²) in [6, 6.07) is 1.86. The van der Waals surface area contributed by atoms with Crippen molar-refractivity contribution in [3.63, 3.8) is 0 Å². The van der Waals surface area contributed by atoms with Crippen LogP contribution in [0.5, 0.6) is 0 Å². The molecular weight excluding hydrogens is 276 g/mol. The van der Waals surface area contributed by atoms with Gasteiger partial charge < -0.3 is 5.32 Å². The number of nitrogens with zero attached hydrogens (tertiary/aromatic N) is 3. The molecule has 0 radical (unpaired) electrons. The highest BCUT2D eigenvalue weighted by molar-refractivity contribution is 6.06. The van der Waals surface area contributed by atoms with Crippen molar-refractivity contribution in [3.8, 4) is 0 Å². The molecule has 2 heterocycles. The van der Waals surface area contributed by atoms with Gasteiger partial charge in [0.2, 0.25) is 0 Å². The van der Waals surface area contributed by atoms with Crippen molar-refractivity contribution < 1.29 is 4.79 Å². The van der Waals surface area contributed by atoms with Gasteiger partial charge in [0.25, 0.3) is 5.91 Å². The van der Waals surface area contributed by atoms with Crippen LogP contribution >= 0.6 is 0 Å². The predicted molar refractivity (Wildman–Crippen MR) is 89.1 cm³/mol. The van der Waals surface area contributed by atoms with Gasteiger partial charge >= 0.3 is 0 Å². The summed E-state index contributed by atoms with van der Waals surface area (Å²) in [7, 11) is 0. The first kappa shape index (κ1) is 16.5. The number of pyridine rings is 1. The lowest BCUT2D eigenvalue weighted by Gasteiger charge is -2.10. The summed E-state index contributed by atoms with van der Waals surface area (Å²) in [5.41, 5.74) is 3.22. The first-order chi connectivity index (χ1) is 10.4. The molecule has 5 nitrogen and oxygen atoms in total. The standard InChI is InChI=1S/C17H26N4O/c1-6-7-8-21-16-15(13(5)20-21)14(9-12(4)19-16)17(22)18-10-11(2)3/h9,11H,6-8,10H2,1-5H3,(H,18,22). The Bertz CT molecular complexity index is 673. The monoisotopic (exact) mass is 302 g/mol. The number of carbonyl (C=O) groups is 1. The summed E-state index contributed by atoms with van der Waals surface area (Å²) in [5, 5.41) is 8.45. The van der Waals surface area contributed by atoms with Gasteiger partial charge in [0, 0.05) is 18.8 Å². The average molecular weight is 302 g/mol. The van der Waals surface area contributed by atoms with E-state index in [9.17, 15) is 4.79 Å². The highest BCUT2D eigenvalue weighted by Gasteiger charge is 2.18. The highest BCUT2D eigenvalue weighted by atomic mass is 16.1. The molecule has 0 spiro atoms. The number of fused-ring (bicyclic) bond motifs is 1. The van der Waals surface area contributed by atoms with E-state index < -0.39 is 0 Å². The minimum absolute atomic E-state index is 0.0395. The van der Waals surface area contributed by atoms with Gasteiger partial charge in [-0.15, -0.1) is 0 Å². The molecule has 0 fully saturated rings. The van der Waals surface area contributed by atoms with Crippen LogP contribution in [-0.4, -0.2) is 27.2 Å². The fourth-order valence-corrected chi connectivity index (χ4v) is 2.51. The van der Waals surface area contributed by atoms with Crippen LogP contribution in [0.25, 0.3) is 11.0 Å². The number of rotatable bonds is 6. The number of aromatic nitrogens is 3. The molecule has 2 rings (SSSR count). The first-order valence-corrected chi connectivity index (χ1v) is 8.07. The zero-order chi connectivity index (χ0) is 16.3. The Kier molecular flexibility index (Phi) is 5.16. The summed E-state index contributed by atoms with van der Waals surface area (Å²) >= 11 is 0. The second-order valence-corrected chi connectivity index (χ2v) is 6.28. The topological polar surface area (TPSA) is 59.8 Å². The van der Waals surface area contributed by atoms with Crippen LogP contribution in [-0.2, 0) is 6.54 Å². The van der Waals surface area contributed by atoms with E-state index >= 15 is 0 Å². The smallest absolute Gasteiger partial charge is 0.252 e. The Morgan fingerprint density at radius 2 is 2.09 bits per heavy atom. The number of nitrogens with one attached hydrogen (secondary N) is 1. The molecule has 0 aromatic carbocycles. The lowest BCUT2D eigenvalue weighted by Crippen LogP contribution is -2.27. The third-order valence-corrected chi connectivity index (χ3v) is 3.64. The number of unbranched alkanes of at least 4 members (excludes halogenated alkanes) is 1. The molecule has 0 aliphatic rings. The maximum absolute atomic E-state index is 12.5. The Hall–Kier alpha value is -1.91. The Balaban J connectivity index is 2.46. The zero-order valence-corrected chi connectivity index (χ0v) is 14.2. The highest BCUT2D eigenvalue weighted by Crippen LogP contribution is 2.22. The van der Waals surface area contributed by atoms with Crippen molar-refractivity contribution in [2.75, 3.05) is 6.54 Å². The Morgan fingerprint density at radius 1 is 1.36 bits per heavy atom. The minimum atomic E-state index is -0.0395. The van der Waals surface area contributed by atoms with Gasteiger partial charge in [-0.05, 0) is 32.3 Å². The average Bonchev–Trinajstić information content (AvgIpc) is 2.78. The quantitative estimate of drug-likeness (QED) is 0.891. The molecule has 1 N–H and O–H groups in total.